The maximum absolute atomic E-state index is 12.7. The molecule has 1 N–H and O–H groups in total. The molecule has 1 aromatic carbocycles. The summed E-state index contributed by atoms with van der Waals surface area (Å²) in [7, 11) is 0. The minimum Gasteiger partial charge on any atom is -0.492 e. The molecule has 1 unspecified atom stereocenters. The third kappa shape index (κ3) is 3.27. The van der Waals surface area contributed by atoms with Gasteiger partial charge in [0.2, 0.25) is 0 Å². The molecule has 4 heteroatoms. The Bertz CT molecular complexity index is 304. The van der Waals surface area contributed by atoms with Gasteiger partial charge in [0.25, 0.3) is 0 Å². The zero-order valence-electron chi connectivity index (χ0n) is 7.84. The second-order valence-corrected chi connectivity index (χ2v) is 4.03. The number of aliphatic hydroxyl groups excluding tert-OH is 1. The fraction of sp³-hybridized carbons (Fsp3) is 0.400. The van der Waals surface area contributed by atoms with Crippen LogP contribution in [-0.4, -0.2) is 18.3 Å². The summed E-state index contributed by atoms with van der Waals surface area (Å²) < 4.78 is 18.6. The van der Waals surface area contributed by atoms with Gasteiger partial charge in [0, 0.05) is 12.5 Å². The molecule has 14 heavy (non-hydrogen) atoms. The fourth-order valence-electron chi connectivity index (χ4n) is 0.877. The second kappa shape index (κ2) is 5.32. The van der Waals surface area contributed by atoms with Crippen molar-refractivity contribution in [1.82, 2.24) is 0 Å². The number of hydrogen-bond acceptors (Lipinski definition) is 2. The molecule has 0 bridgehead atoms. The topological polar surface area (TPSA) is 29.5 Å². The molecule has 0 aromatic heterocycles. The molecule has 0 saturated heterocycles. The predicted octanol–water partition coefficient (Wildman–Crippen LogP) is 2.60. The maximum atomic E-state index is 12.7. The molecule has 0 aliphatic carbocycles. The summed E-state index contributed by atoms with van der Waals surface area (Å²) in [6.07, 6.45) is 0. The van der Waals surface area contributed by atoms with Crippen molar-refractivity contribution in [1.29, 1.82) is 0 Å². The van der Waals surface area contributed by atoms with Gasteiger partial charge in [-0.2, -0.15) is 0 Å². The van der Waals surface area contributed by atoms with Gasteiger partial charge in [-0.15, -0.1) is 0 Å². The van der Waals surface area contributed by atoms with Gasteiger partial charge in [0.05, 0.1) is 11.1 Å². The Morgan fingerprint density at radius 3 is 2.86 bits per heavy atom. The highest BCUT2D eigenvalue weighted by Gasteiger charge is 2.05. The summed E-state index contributed by atoms with van der Waals surface area (Å²) in [5.41, 5.74) is 0. The molecular formula is C10H12BrFO2. The monoisotopic (exact) mass is 262 g/mol. The summed E-state index contributed by atoms with van der Waals surface area (Å²) in [5.74, 6) is 0.359. The van der Waals surface area contributed by atoms with Crippen molar-refractivity contribution in [3.63, 3.8) is 0 Å². The first-order valence-electron chi connectivity index (χ1n) is 4.32. The van der Waals surface area contributed by atoms with Gasteiger partial charge >= 0.3 is 0 Å². The first-order valence-corrected chi connectivity index (χ1v) is 5.11. The Morgan fingerprint density at radius 1 is 1.57 bits per heavy atom. The number of rotatable bonds is 4. The van der Waals surface area contributed by atoms with Crippen LogP contribution < -0.4 is 4.74 Å². The molecule has 0 heterocycles. The first kappa shape index (κ1) is 11.5. The SMILES string of the molecule is CC(CO)COc1ccc(F)cc1Br. The summed E-state index contributed by atoms with van der Waals surface area (Å²) in [6, 6.07) is 4.24. The van der Waals surface area contributed by atoms with E-state index in [1.807, 2.05) is 6.92 Å². The second-order valence-electron chi connectivity index (χ2n) is 3.17. The van der Waals surface area contributed by atoms with Crippen LogP contribution in [0.3, 0.4) is 0 Å². The molecule has 1 atom stereocenters. The molecule has 0 spiro atoms. The lowest BCUT2D eigenvalue weighted by Gasteiger charge is -2.11. The molecule has 0 aliphatic rings. The summed E-state index contributed by atoms with van der Waals surface area (Å²) in [5, 5.41) is 8.77. The van der Waals surface area contributed by atoms with Gasteiger partial charge in [0.15, 0.2) is 0 Å². The van der Waals surface area contributed by atoms with Crippen LogP contribution in [0.2, 0.25) is 0 Å². The lowest BCUT2D eigenvalue weighted by atomic mass is 10.2. The molecule has 0 amide bonds. The zero-order chi connectivity index (χ0) is 10.6. The smallest absolute Gasteiger partial charge is 0.133 e. The molecule has 1 rings (SSSR count). The molecule has 0 aliphatic heterocycles. The maximum Gasteiger partial charge on any atom is 0.133 e. The van der Waals surface area contributed by atoms with Crippen LogP contribution in [0.5, 0.6) is 5.75 Å². The van der Waals surface area contributed by atoms with Crippen molar-refractivity contribution < 1.29 is 14.2 Å². The Kier molecular flexibility index (Phi) is 4.35. The molecule has 1 aromatic rings. The van der Waals surface area contributed by atoms with E-state index in [2.05, 4.69) is 15.9 Å². The fourth-order valence-corrected chi connectivity index (χ4v) is 1.34. The highest BCUT2D eigenvalue weighted by atomic mass is 79.9. The summed E-state index contributed by atoms with van der Waals surface area (Å²) in [6.45, 7) is 2.37. The minimum absolute atomic E-state index is 0.0759. The Hall–Kier alpha value is -0.610. The van der Waals surface area contributed by atoms with Gasteiger partial charge in [-0.3, -0.25) is 0 Å². The molecule has 78 valence electrons. The largest absolute Gasteiger partial charge is 0.492 e. The summed E-state index contributed by atoms with van der Waals surface area (Å²) >= 11 is 3.19. The van der Waals surface area contributed by atoms with E-state index in [-0.39, 0.29) is 18.3 Å². The average Bonchev–Trinajstić information content (AvgIpc) is 2.16. The summed E-state index contributed by atoms with van der Waals surface area (Å²) in [4.78, 5) is 0. The van der Waals surface area contributed by atoms with Crippen molar-refractivity contribution in [2.24, 2.45) is 5.92 Å². The highest BCUT2D eigenvalue weighted by Crippen LogP contribution is 2.25. The van der Waals surface area contributed by atoms with Gasteiger partial charge < -0.3 is 9.84 Å². The van der Waals surface area contributed by atoms with E-state index in [4.69, 9.17) is 9.84 Å². The predicted molar refractivity (Wildman–Crippen MR) is 55.8 cm³/mol. The van der Waals surface area contributed by atoms with Crippen LogP contribution in [0.15, 0.2) is 22.7 Å². The molecule has 0 fully saturated rings. The zero-order valence-corrected chi connectivity index (χ0v) is 9.42. The van der Waals surface area contributed by atoms with E-state index in [1.165, 1.54) is 12.1 Å². The van der Waals surface area contributed by atoms with Gasteiger partial charge in [-0.05, 0) is 34.1 Å². The third-order valence-electron chi connectivity index (χ3n) is 1.73. The molecule has 0 radical (unpaired) electrons. The number of halogens is 2. The van der Waals surface area contributed by atoms with Gasteiger partial charge in [-0.1, -0.05) is 6.92 Å². The van der Waals surface area contributed by atoms with E-state index in [0.717, 1.165) is 0 Å². The van der Waals surface area contributed by atoms with Crippen LogP contribution >= 0.6 is 15.9 Å². The van der Waals surface area contributed by atoms with Crippen molar-refractivity contribution in [3.8, 4) is 5.75 Å². The van der Waals surface area contributed by atoms with Crippen molar-refractivity contribution in [2.45, 2.75) is 6.92 Å². The Labute approximate surface area is 90.8 Å². The first-order chi connectivity index (χ1) is 6.63. The van der Waals surface area contributed by atoms with E-state index in [9.17, 15) is 4.39 Å². The van der Waals surface area contributed by atoms with Crippen LogP contribution in [0.25, 0.3) is 0 Å². The number of hydrogen-bond donors (Lipinski definition) is 1. The average molecular weight is 263 g/mol. The van der Waals surface area contributed by atoms with Gasteiger partial charge in [-0.25, -0.2) is 4.39 Å². The van der Waals surface area contributed by atoms with Crippen molar-refractivity contribution in [3.05, 3.63) is 28.5 Å². The van der Waals surface area contributed by atoms with Crippen LogP contribution in [0.4, 0.5) is 4.39 Å². The number of ether oxygens (including phenoxy) is 1. The lowest BCUT2D eigenvalue weighted by Crippen LogP contribution is -2.12. The molecule has 0 saturated carbocycles. The van der Waals surface area contributed by atoms with E-state index in [1.54, 1.807) is 6.07 Å². The van der Waals surface area contributed by atoms with Gasteiger partial charge in [0.1, 0.15) is 11.6 Å². The Balaban J connectivity index is 2.59. The van der Waals surface area contributed by atoms with Crippen molar-refractivity contribution in [2.75, 3.05) is 13.2 Å². The van der Waals surface area contributed by atoms with Crippen LogP contribution in [0.1, 0.15) is 6.92 Å². The normalized spacial score (nSPS) is 12.6. The third-order valence-corrected chi connectivity index (χ3v) is 2.35. The minimum atomic E-state index is -0.306. The van der Waals surface area contributed by atoms with Crippen LogP contribution in [-0.2, 0) is 0 Å². The lowest BCUT2D eigenvalue weighted by molar-refractivity contribution is 0.174. The molecular weight excluding hydrogens is 251 g/mol. The standard InChI is InChI=1S/C10H12BrFO2/c1-7(5-13)6-14-10-3-2-8(12)4-9(10)11/h2-4,7,13H,5-6H2,1H3. The van der Waals surface area contributed by atoms with Crippen LogP contribution in [0, 0.1) is 11.7 Å². The van der Waals surface area contributed by atoms with E-state index >= 15 is 0 Å². The number of aliphatic hydroxyl groups is 1. The quantitative estimate of drug-likeness (QED) is 0.904. The Morgan fingerprint density at radius 2 is 2.29 bits per heavy atom. The van der Waals surface area contributed by atoms with E-state index < -0.39 is 0 Å². The van der Waals surface area contributed by atoms with E-state index in [0.29, 0.717) is 16.8 Å². The highest BCUT2D eigenvalue weighted by molar-refractivity contribution is 9.10. The molecule has 2 nitrogen and oxygen atoms in total. The number of benzene rings is 1. The van der Waals surface area contributed by atoms with Crippen molar-refractivity contribution >= 4 is 15.9 Å².